The predicted octanol–water partition coefficient (Wildman–Crippen LogP) is 8.00. The lowest BCUT2D eigenvalue weighted by molar-refractivity contribution is -0.126. The molecule has 0 spiro atoms. The van der Waals surface area contributed by atoms with E-state index in [2.05, 4.69) is 10.6 Å². The van der Waals surface area contributed by atoms with Crippen LogP contribution in [0.25, 0.3) is 0 Å². The molecule has 3 unspecified atom stereocenters. The van der Waals surface area contributed by atoms with Crippen molar-refractivity contribution in [3.63, 3.8) is 0 Å². The predicted molar refractivity (Wildman–Crippen MR) is 141 cm³/mol. The lowest BCUT2D eigenvalue weighted by atomic mass is 9.97. The van der Waals surface area contributed by atoms with Gasteiger partial charge in [-0.25, -0.2) is 4.39 Å². The van der Waals surface area contributed by atoms with E-state index < -0.39 is 33.7 Å². The summed E-state index contributed by atoms with van der Waals surface area (Å²) in [7, 11) is 0. The van der Waals surface area contributed by atoms with Crippen LogP contribution >= 0.6 is 58.0 Å². The van der Waals surface area contributed by atoms with Crippen LogP contribution in [0.4, 0.5) is 15.8 Å². The van der Waals surface area contributed by atoms with Gasteiger partial charge in [-0.2, -0.15) is 0 Å². The topological polar surface area (TPSA) is 58.2 Å². The van der Waals surface area contributed by atoms with Gasteiger partial charge in [0.25, 0.3) is 5.91 Å². The highest BCUT2D eigenvalue weighted by Crippen LogP contribution is 2.65. The lowest BCUT2D eigenvalue weighted by Crippen LogP contribution is -2.33. The molecule has 2 amide bonds. The minimum atomic E-state index is -2.31. The minimum Gasteiger partial charge on any atom is -0.326 e. The highest BCUT2D eigenvalue weighted by Gasteiger charge is 2.67. The Kier molecular flexibility index (Phi) is 7.29. The van der Waals surface area contributed by atoms with Gasteiger partial charge in [-0.1, -0.05) is 65.1 Å². The number of anilines is 2. The lowest BCUT2D eigenvalue weighted by Gasteiger charge is -2.21. The van der Waals surface area contributed by atoms with Crippen LogP contribution in [-0.2, 0) is 15.3 Å². The SMILES string of the molecule is CC(F)(C(=O)Nc1cc(NC(=O)C2C(c3cc(Cl)cc(Cl)c3)C2(Cl)Cl)ccc1Cl)c1ccccc1. The molecule has 1 aliphatic rings. The van der Waals surface area contributed by atoms with Gasteiger partial charge in [0, 0.05) is 21.7 Å². The highest BCUT2D eigenvalue weighted by atomic mass is 35.5. The Balaban J connectivity index is 1.50. The molecule has 10 heteroatoms. The number of carbonyl (C=O) groups is 2. The summed E-state index contributed by atoms with van der Waals surface area (Å²) < 4.78 is 13.9. The third-order valence-electron chi connectivity index (χ3n) is 5.80. The zero-order valence-electron chi connectivity index (χ0n) is 18.1. The molecule has 1 saturated carbocycles. The van der Waals surface area contributed by atoms with Crippen molar-refractivity contribution in [2.75, 3.05) is 10.6 Å². The van der Waals surface area contributed by atoms with Gasteiger partial charge in [0.2, 0.25) is 11.6 Å². The van der Waals surface area contributed by atoms with Gasteiger partial charge >= 0.3 is 0 Å². The van der Waals surface area contributed by atoms with E-state index in [9.17, 15) is 9.59 Å². The van der Waals surface area contributed by atoms with Crippen molar-refractivity contribution in [3.05, 3.63) is 92.9 Å². The summed E-state index contributed by atoms with van der Waals surface area (Å²) in [5.74, 6) is -2.65. The average molecular weight is 575 g/mol. The van der Waals surface area contributed by atoms with Gasteiger partial charge in [-0.3, -0.25) is 9.59 Å². The van der Waals surface area contributed by atoms with E-state index in [0.717, 1.165) is 6.92 Å². The second kappa shape index (κ2) is 9.79. The zero-order valence-corrected chi connectivity index (χ0v) is 21.9. The van der Waals surface area contributed by atoms with Crippen LogP contribution in [0.15, 0.2) is 66.7 Å². The van der Waals surface area contributed by atoms with E-state index in [0.29, 0.717) is 21.3 Å². The van der Waals surface area contributed by atoms with Crippen LogP contribution < -0.4 is 10.6 Å². The molecule has 0 aliphatic heterocycles. The molecule has 1 fully saturated rings. The fourth-order valence-corrected chi connectivity index (χ4v) is 5.40. The first kappa shape index (κ1) is 26.1. The van der Waals surface area contributed by atoms with Gasteiger partial charge < -0.3 is 10.6 Å². The summed E-state index contributed by atoms with van der Waals surface area (Å²) in [6.07, 6.45) is 0. The minimum absolute atomic E-state index is 0.131. The van der Waals surface area contributed by atoms with Crippen LogP contribution in [0.2, 0.25) is 15.1 Å². The van der Waals surface area contributed by atoms with Crippen molar-refractivity contribution in [2.45, 2.75) is 22.8 Å². The number of halogens is 6. The molecule has 4 nitrogen and oxygen atoms in total. The third kappa shape index (κ3) is 5.40. The Bertz CT molecular complexity index is 1280. The summed E-state index contributed by atoms with van der Waals surface area (Å²) in [6, 6.07) is 17.4. The number of hydrogen-bond acceptors (Lipinski definition) is 2. The van der Waals surface area contributed by atoms with Crippen molar-refractivity contribution in [2.24, 2.45) is 5.92 Å². The Morgan fingerprint density at radius 3 is 2.17 bits per heavy atom. The van der Waals surface area contributed by atoms with E-state index in [4.69, 9.17) is 58.0 Å². The maximum atomic E-state index is 15.2. The zero-order chi connectivity index (χ0) is 25.5. The first-order valence-corrected chi connectivity index (χ1v) is 12.3. The van der Waals surface area contributed by atoms with Gasteiger partial charge in [0.1, 0.15) is 4.33 Å². The van der Waals surface area contributed by atoms with Gasteiger partial charge in [0.15, 0.2) is 0 Å². The standard InChI is InChI=1S/C25H18Cl5FN2O2/c1-24(31,14-5-3-2-4-6-14)23(35)33-19-12-17(7-8-18(19)28)32-22(34)21-20(25(21,29)30)13-9-15(26)11-16(27)10-13/h2-12,20-21H,1H3,(H,32,34)(H,33,35). The molecular weight excluding hydrogens is 557 g/mol. The summed E-state index contributed by atoms with van der Waals surface area (Å²) in [5, 5.41) is 6.18. The molecule has 3 atom stereocenters. The van der Waals surface area contributed by atoms with Gasteiger partial charge in [0.05, 0.1) is 16.6 Å². The Morgan fingerprint density at radius 2 is 1.54 bits per heavy atom. The van der Waals surface area contributed by atoms with E-state index in [1.165, 1.54) is 24.3 Å². The van der Waals surface area contributed by atoms with Crippen LogP contribution in [0.3, 0.4) is 0 Å². The summed E-state index contributed by atoms with van der Waals surface area (Å²) in [5.41, 5.74) is -1.03. The maximum Gasteiger partial charge on any atom is 0.266 e. The molecule has 0 heterocycles. The molecular formula is C25H18Cl5FN2O2. The molecule has 35 heavy (non-hydrogen) atoms. The number of benzene rings is 3. The Morgan fingerprint density at radius 1 is 0.914 bits per heavy atom. The molecule has 0 aromatic heterocycles. The van der Waals surface area contributed by atoms with Crippen molar-refractivity contribution < 1.29 is 14.0 Å². The van der Waals surface area contributed by atoms with Crippen molar-refractivity contribution in [1.29, 1.82) is 0 Å². The monoisotopic (exact) mass is 572 g/mol. The van der Waals surface area contributed by atoms with Crippen molar-refractivity contribution >= 4 is 81.2 Å². The molecule has 4 rings (SSSR count). The number of hydrogen-bond donors (Lipinski definition) is 2. The maximum absolute atomic E-state index is 15.2. The quantitative estimate of drug-likeness (QED) is 0.293. The number of nitrogens with one attached hydrogen (secondary N) is 2. The van der Waals surface area contributed by atoms with E-state index >= 15 is 4.39 Å². The van der Waals surface area contributed by atoms with Crippen LogP contribution in [0.1, 0.15) is 24.0 Å². The van der Waals surface area contributed by atoms with E-state index in [1.54, 1.807) is 42.5 Å². The van der Waals surface area contributed by atoms with Gasteiger partial charge in [-0.05, 0) is 54.4 Å². The average Bonchev–Trinajstić information content (AvgIpc) is 3.38. The normalized spacial score (nSPS) is 20.0. The number of alkyl halides is 3. The first-order valence-electron chi connectivity index (χ1n) is 10.4. The largest absolute Gasteiger partial charge is 0.326 e. The smallest absolute Gasteiger partial charge is 0.266 e. The fraction of sp³-hybridized carbons (Fsp3) is 0.200. The van der Waals surface area contributed by atoms with E-state index in [-0.39, 0.29) is 16.3 Å². The fourth-order valence-electron chi connectivity index (χ4n) is 3.86. The second-order valence-corrected chi connectivity index (χ2v) is 11.1. The Labute approximate surface area is 226 Å². The van der Waals surface area contributed by atoms with Crippen LogP contribution in [0, 0.1) is 5.92 Å². The van der Waals surface area contributed by atoms with Crippen LogP contribution in [0.5, 0.6) is 0 Å². The van der Waals surface area contributed by atoms with Crippen molar-refractivity contribution in [3.8, 4) is 0 Å². The molecule has 0 radical (unpaired) electrons. The summed E-state index contributed by atoms with van der Waals surface area (Å²) in [6.45, 7) is 1.16. The van der Waals surface area contributed by atoms with Crippen LogP contribution in [-0.4, -0.2) is 16.1 Å². The Hall–Kier alpha value is -2.02. The number of rotatable bonds is 6. The number of carbonyl (C=O) groups excluding carboxylic acids is 2. The second-order valence-electron chi connectivity index (χ2n) is 8.34. The highest BCUT2D eigenvalue weighted by molar-refractivity contribution is 6.53. The molecule has 2 N–H and O–H groups in total. The molecule has 3 aromatic carbocycles. The molecule has 0 bridgehead atoms. The van der Waals surface area contributed by atoms with E-state index in [1.807, 2.05) is 0 Å². The molecule has 3 aromatic rings. The van der Waals surface area contributed by atoms with Crippen molar-refractivity contribution in [1.82, 2.24) is 0 Å². The van der Waals surface area contributed by atoms with Gasteiger partial charge in [-0.15, -0.1) is 23.2 Å². The summed E-state index contributed by atoms with van der Waals surface area (Å²) in [4.78, 5) is 25.7. The third-order valence-corrected chi connectivity index (χ3v) is 7.51. The molecule has 182 valence electrons. The first-order chi connectivity index (χ1) is 16.4. The molecule has 1 aliphatic carbocycles. The summed E-state index contributed by atoms with van der Waals surface area (Å²) >= 11 is 31.2. The molecule has 0 saturated heterocycles. The number of amides is 2.